The zero-order valence-electron chi connectivity index (χ0n) is 15.3. The number of benzene rings is 2. The highest BCUT2D eigenvalue weighted by molar-refractivity contribution is 7.98. The smallest absolute Gasteiger partial charge is 0.231 e. The Morgan fingerprint density at radius 2 is 2.07 bits per heavy atom. The fraction of sp³-hybridized carbons (Fsp3) is 0.211. The summed E-state index contributed by atoms with van der Waals surface area (Å²) in [5.74, 6) is 2.23. The monoisotopic (exact) mass is 431 g/mol. The van der Waals surface area contributed by atoms with Crippen molar-refractivity contribution in [2.45, 2.75) is 24.4 Å². The van der Waals surface area contributed by atoms with Crippen LogP contribution in [0.3, 0.4) is 0 Å². The Hall–Kier alpha value is -2.29. The molecule has 0 saturated heterocycles. The molecule has 0 atom stereocenters. The van der Waals surface area contributed by atoms with Crippen molar-refractivity contribution in [3.05, 3.63) is 53.1 Å². The van der Waals surface area contributed by atoms with Gasteiger partial charge in [0.25, 0.3) is 0 Å². The quantitative estimate of drug-likeness (QED) is 0.384. The summed E-state index contributed by atoms with van der Waals surface area (Å²) >= 11 is 9.42. The molecule has 4 aromatic rings. The number of hydrogen-bond acceptors (Lipinski definition) is 7. The molecule has 0 bridgehead atoms. The van der Waals surface area contributed by atoms with Crippen molar-refractivity contribution < 1.29 is 4.74 Å². The lowest BCUT2D eigenvalue weighted by atomic mass is 10.2. The molecule has 0 amide bonds. The van der Waals surface area contributed by atoms with Crippen LogP contribution >= 0.6 is 34.7 Å². The van der Waals surface area contributed by atoms with Gasteiger partial charge in [-0.2, -0.15) is 0 Å². The number of thioether (sulfide) groups is 1. The summed E-state index contributed by atoms with van der Waals surface area (Å²) in [4.78, 5) is 4.62. The Kier molecular flexibility index (Phi) is 5.70. The largest absolute Gasteiger partial charge is 0.497 e. The van der Waals surface area contributed by atoms with Crippen molar-refractivity contribution in [3.8, 4) is 5.75 Å². The maximum atomic E-state index is 6.25. The third-order valence-electron chi connectivity index (χ3n) is 4.16. The summed E-state index contributed by atoms with van der Waals surface area (Å²) in [6.07, 6.45) is 0. The number of nitrogens with one attached hydrogen (secondary N) is 1. The van der Waals surface area contributed by atoms with Gasteiger partial charge in [0.2, 0.25) is 5.95 Å². The molecule has 0 radical (unpaired) electrons. The van der Waals surface area contributed by atoms with Gasteiger partial charge in [0.1, 0.15) is 5.75 Å². The summed E-state index contributed by atoms with van der Waals surface area (Å²) < 4.78 is 8.37. The summed E-state index contributed by atoms with van der Waals surface area (Å²) in [6, 6.07) is 13.7. The van der Waals surface area contributed by atoms with Crippen molar-refractivity contribution in [2.75, 3.05) is 12.4 Å². The second-order valence-electron chi connectivity index (χ2n) is 5.91. The first-order valence-electron chi connectivity index (χ1n) is 8.69. The Morgan fingerprint density at radius 3 is 2.86 bits per heavy atom. The standard InChI is InChI=1S/C19H18ClN5OS2/c1-3-25-17(22-18-21-15-9-8-13(26-2)10-16(15)28-18)23-24-19(25)27-11-12-6-4-5-7-14(12)20/h4-10H,3,11H2,1-2H3,(H,21,22,23). The highest BCUT2D eigenvalue weighted by atomic mass is 35.5. The van der Waals surface area contributed by atoms with Crippen LogP contribution in [0.25, 0.3) is 10.2 Å². The van der Waals surface area contributed by atoms with Crippen LogP contribution in [0.2, 0.25) is 5.02 Å². The first-order chi connectivity index (χ1) is 13.7. The molecule has 0 spiro atoms. The molecule has 0 aliphatic carbocycles. The number of nitrogens with zero attached hydrogens (tertiary/aromatic N) is 4. The summed E-state index contributed by atoms with van der Waals surface area (Å²) in [7, 11) is 1.66. The van der Waals surface area contributed by atoms with E-state index in [0.29, 0.717) is 5.95 Å². The molecule has 6 nitrogen and oxygen atoms in total. The third-order valence-corrected chi connectivity index (χ3v) is 6.48. The Labute approximate surface area is 175 Å². The van der Waals surface area contributed by atoms with E-state index in [1.165, 1.54) is 0 Å². The van der Waals surface area contributed by atoms with Gasteiger partial charge in [0.05, 0.1) is 17.3 Å². The average Bonchev–Trinajstić information content (AvgIpc) is 3.29. The molecule has 0 unspecified atom stereocenters. The van der Waals surface area contributed by atoms with Crippen molar-refractivity contribution in [1.29, 1.82) is 0 Å². The van der Waals surface area contributed by atoms with Crippen LogP contribution < -0.4 is 10.1 Å². The van der Waals surface area contributed by atoms with Gasteiger partial charge in [-0.1, -0.05) is 52.9 Å². The first-order valence-corrected chi connectivity index (χ1v) is 10.9. The zero-order valence-corrected chi connectivity index (χ0v) is 17.7. The number of fused-ring (bicyclic) bond motifs is 1. The second kappa shape index (κ2) is 8.38. The van der Waals surface area contributed by atoms with E-state index in [1.807, 2.05) is 47.0 Å². The minimum absolute atomic E-state index is 0.676. The number of ether oxygens (including phenoxy) is 1. The minimum Gasteiger partial charge on any atom is -0.497 e. The first kappa shape index (κ1) is 19.0. The predicted octanol–water partition coefficient (Wildman–Crippen LogP) is 5.61. The van der Waals surface area contributed by atoms with E-state index in [2.05, 4.69) is 27.4 Å². The summed E-state index contributed by atoms with van der Waals surface area (Å²) in [5.41, 5.74) is 2.00. The fourth-order valence-electron chi connectivity index (χ4n) is 2.71. The zero-order chi connectivity index (χ0) is 19.5. The van der Waals surface area contributed by atoms with Gasteiger partial charge in [-0.05, 0) is 36.8 Å². The maximum absolute atomic E-state index is 6.25. The van der Waals surface area contributed by atoms with Crippen molar-refractivity contribution in [1.82, 2.24) is 19.7 Å². The molecule has 144 valence electrons. The van der Waals surface area contributed by atoms with Gasteiger partial charge >= 0.3 is 0 Å². The van der Waals surface area contributed by atoms with Crippen LogP contribution in [0.1, 0.15) is 12.5 Å². The lowest BCUT2D eigenvalue weighted by Gasteiger charge is -2.08. The SMILES string of the molecule is CCn1c(Nc2nc3ccc(OC)cc3s2)nnc1SCc1ccccc1Cl. The topological polar surface area (TPSA) is 64.9 Å². The van der Waals surface area contributed by atoms with E-state index < -0.39 is 0 Å². The molecule has 1 N–H and O–H groups in total. The predicted molar refractivity (Wildman–Crippen MR) is 116 cm³/mol. The van der Waals surface area contributed by atoms with Crippen molar-refractivity contribution in [2.24, 2.45) is 0 Å². The van der Waals surface area contributed by atoms with Gasteiger partial charge in [-0.15, -0.1) is 10.2 Å². The normalized spacial score (nSPS) is 11.1. The molecule has 9 heteroatoms. The molecule has 0 aliphatic rings. The van der Waals surface area contributed by atoms with Crippen LogP contribution in [-0.2, 0) is 12.3 Å². The lowest BCUT2D eigenvalue weighted by Crippen LogP contribution is -2.03. The number of halogens is 1. The number of anilines is 2. The number of thiazole rings is 1. The maximum Gasteiger partial charge on any atom is 0.231 e. The summed E-state index contributed by atoms with van der Waals surface area (Å²) in [5, 5.41) is 14.3. The summed E-state index contributed by atoms with van der Waals surface area (Å²) in [6.45, 7) is 2.82. The number of rotatable bonds is 7. The van der Waals surface area contributed by atoms with Gasteiger partial charge in [-0.25, -0.2) is 4.98 Å². The highest BCUT2D eigenvalue weighted by Gasteiger charge is 2.14. The van der Waals surface area contributed by atoms with E-state index in [4.69, 9.17) is 16.3 Å². The average molecular weight is 432 g/mol. The molecular formula is C19H18ClN5OS2. The molecule has 28 heavy (non-hydrogen) atoms. The Balaban J connectivity index is 1.53. The number of hydrogen-bond donors (Lipinski definition) is 1. The molecule has 0 saturated carbocycles. The number of aromatic nitrogens is 4. The fourth-order valence-corrected chi connectivity index (χ4v) is 4.89. The molecule has 4 rings (SSSR count). The highest BCUT2D eigenvalue weighted by Crippen LogP contribution is 2.32. The number of methoxy groups -OCH3 is 1. The van der Waals surface area contributed by atoms with E-state index in [0.717, 1.165) is 49.1 Å². The van der Waals surface area contributed by atoms with Gasteiger partial charge < -0.3 is 10.1 Å². The molecule has 2 aromatic carbocycles. The molecule has 2 heterocycles. The van der Waals surface area contributed by atoms with E-state index in [-0.39, 0.29) is 0 Å². The van der Waals surface area contributed by atoms with Crippen molar-refractivity contribution in [3.63, 3.8) is 0 Å². The third kappa shape index (κ3) is 3.94. The van der Waals surface area contributed by atoms with Crippen molar-refractivity contribution >= 4 is 56.0 Å². The van der Waals surface area contributed by atoms with E-state index >= 15 is 0 Å². The van der Waals surface area contributed by atoms with Crippen LogP contribution in [0.15, 0.2) is 47.6 Å². The van der Waals surface area contributed by atoms with Gasteiger partial charge in [0.15, 0.2) is 10.3 Å². The molecule has 2 aromatic heterocycles. The molecule has 0 fully saturated rings. The minimum atomic E-state index is 0.676. The van der Waals surface area contributed by atoms with Crippen LogP contribution in [-0.4, -0.2) is 26.9 Å². The second-order valence-corrected chi connectivity index (χ2v) is 8.29. The van der Waals surface area contributed by atoms with Crippen LogP contribution in [0, 0.1) is 0 Å². The van der Waals surface area contributed by atoms with Crippen LogP contribution in [0.5, 0.6) is 5.75 Å². The van der Waals surface area contributed by atoms with Crippen LogP contribution in [0.4, 0.5) is 11.1 Å². The molecule has 0 aliphatic heterocycles. The lowest BCUT2D eigenvalue weighted by molar-refractivity contribution is 0.415. The molecular weight excluding hydrogens is 414 g/mol. The Bertz CT molecular complexity index is 1110. The van der Waals surface area contributed by atoms with Gasteiger partial charge in [-0.3, -0.25) is 4.57 Å². The Morgan fingerprint density at radius 1 is 1.21 bits per heavy atom. The van der Waals surface area contributed by atoms with E-state index in [1.54, 1.807) is 30.2 Å². The van der Waals surface area contributed by atoms with Gasteiger partial charge in [0, 0.05) is 17.3 Å². The van der Waals surface area contributed by atoms with E-state index in [9.17, 15) is 0 Å².